The molecule has 0 bridgehead atoms. The molecule has 0 aliphatic carbocycles. The van der Waals surface area contributed by atoms with E-state index in [1.54, 1.807) is 26.4 Å². The maximum absolute atomic E-state index is 14.0. The largest absolute Gasteiger partial charge is 0.497 e. The standard InChI is InChI=1S/C24H30F2N2O3/c1-30-20-10-9-18(22(13-20)31-2)14-27-23(29)11-8-17-5-4-12-28(15-17)16-19-6-3-7-21(25)24(19)26/h3,6-7,9-10,13,17H,4-5,8,11-12,14-16H2,1-2H3,(H,27,29). The quantitative estimate of drug-likeness (QED) is 0.642. The number of hydrogen-bond donors (Lipinski definition) is 1. The summed E-state index contributed by atoms with van der Waals surface area (Å²) in [5, 5.41) is 2.95. The van der Waals surface area contributed by atoms with Crippen molar-refractivity contribution in [1.29, 1.82) is 0 Å². The third kappa shape index (κ3) is 6.40. The van der Waals surface area contributed by atoms with Gasteiger partial charge in [-0.15, -0.1) is 0 Å². The number of nitrogens with zero attached hydrogens (tertiary/aromatic N) is 1. The molecule has 0 spiro atoms. The average molecular weight is 433 g/mol. The molecule has 3 rings (SSSR count). The van der Waals surface area contributed by atoms with E-state index in [9.17, 15) is 13.6 Å². The second kappa shape index (κ2) is 11.1. The van der Waals surface area contributed by atoms with Crippen LogP contribution < -0.4 is 14.8 Å². The minimum absolute atomic E-state index is 0.00818. The highest BCUT2D eigenvalue weighted by Gasteiger charge is 2.22. The first-order chi connectivity index (χ1) is 15.0. The van der Waals surface area contributed by atoms with E-state index in [4.69, 9.17) is 9.47 Å². The van der Waals surface area contributed by atoms with E-state index in [1.807, 2.05) is 12.1 Å². The lowest BCUT2D eigenvalue weighted by atomic mass is 9.93. The molecule has 1 saturated heterocycles. The zero-order valence-corrected chi connectivity index (χ0v) is 18.1. The second-order valence-corrected chi connectivity index (χ2v) is 7.95. The fraction of sp³-hybridized carbons (Fsp3) is 0.458. The molecule has 1 amide bonds. The Morgan fingerprint density at radius 2 is 2.00 bits per heavy atom. The number of benzene rings is 2. The molecule has 7 heteroatoms. The second-order valence-electron chi connectivity index (χ2n) is 7.95. The Hall–Kier alpha value is -2.67. The lowest BCUT2D eigenvalue weighted by molar-refractivity contribution is -0.121. The first-order valence-electron chi connectivity index (χ1n) is 10.6. The number of carbonyl (C=O) groups excluding carboxylic acids is 1. The number of amides is 1. The summed E-state index contributed by atoms with van der Waals surface area (Å²) in [7, 11) is 3.18. The van der Waals surface area contributed by atoms with Gasteiger partial charge in [0, 0.05) is 43.2 Å². The van der Waals surface area contributed by atoms with Crippen molar-refractivity contribution in [2.45, 2.75) is 38.8 Å². The fourth-order valence-electron chi connectivity index (χ4n) is 4.06. The van der Waals surface area contributed by atoms with Crippen molar-refractivity contribution in [3.05, 3.63) is 59.2 Å². The number of likely N-dealkylation sites (tertiary alicyclic amines) is 1. The van der Waals surface area contributed by atoms with Gasteiger partial charge in [-0.1, -0.05) is 12.1 Å². The highest BCUT2D eigenvalue weighted by molar-refractivity contribution is 5.75. The minimum Gasteiger partial charge on any atom is -0.497 e. The molecule has 5 nitrogen and oxygen atoms in total. The maximum Gasteiger partial charge on any atom is 0.220 e. The van der Waals surface area contributed by atoms with Gasteiger partial charge in [-0.3, -0.25) is 9.69 Å². The zero-order chi connectivity index (χ0) is 22.2. The molecule has 1 unspecified atom stereocenters. The topological polar surface area (TPSA) is 50.8 Å². The molecule has 168 valence electrons. The van der Waals surface area contributed by atoms with Gasteiger partial charge in [0.25, 0.3) is 0 Å². The van der Waals surface area contributed by atoms with Gasteiger partial charge in [0.05, 0.1) is 14.2 Å². The van der Waals surface area contributed by atoms with E-state index in [-0.39, 0.29) is 5.91 Å². The molecule has 0 saturated carbocycles. The van der Waals surface area contributed by atoms with Gasteiger partial charge in [-0.05, 0) is 49.9 Å². The SMILES string of the molecule is COc1ccc(CNC(=O)CCC2CCCN(Cc3cccc(F)c3F)C2)c(OC)c1. The highest BCUT2D eigenvalue weighted by atomic mass is 19.2. The number of hydrogen-bond acceptors (Lipinski definition) is 4. The van der Waals surface area contributed by atoms with E-state index in [2.05, 4.69) is 10.2 Å². The maximum atomic E-state index is 14.0. The summed E-state index contributed by atoms with van der Waals surface area (Å²) < 4.78 is 38.0. The molecule has 1 fully saturated rings. The van der Waals surface area contributed by atoms with Gasteiger partial charge < -0.3 is 14.8 Å². The van der Waals surface area contributed by atoms with Crippen LogP contribution in [0.4, 0.5) is 8.78 Å². The molecule has 31 heavy (non-hydrogen) atoms. The molecule has 2 aromatic rings. The van der Waals surface area contributed by atoms with Crippen LogP contribution >= 0.6 is 0 Å². The van der Waals surface area contributed by atoms with Gasteiger partial charge in [-0.25, -0.2) is 8.78 Å². The van der Waals surface area contributed by atoms with Crippen LogP contribution in [-0.2, 0) is 17.9 Å². The molecule has 1 N–H and O–H groups in total. The van der Waals surface area contributed by atoms with Crippen molar-refractivity contribution >= 4 is 5.91 Å². The van der Waals surface area contributed by atoms with Crippen LogP contribution in [0.25, 0.3) is 0 Å². The lowest BCUT2D eigenvalue weighted by Gasteiger charge is -2.32. The van der Waals surface area contributed by atoms with Gasteiger partial charge >= 0.3 is 0 Å². The third-order valence-electron chi connectivity index (χ3n) is 5.78. The van der Waals surface area contributed by atoms with Gasteiger partial charge in [0.2, 0.25) is 5.91 Å². The Morgan fingerprint density at radius 3 is 2.77 bits per heavy atom. The van der Waals surface area contributed by atoms with E-state index >= 15 is 0 Å². The Morgan fingerprint density at radius 1 is 1.16 bits per heavy atom. The van der Waals surface area contributed by atoms with Gasteiger partial charge in [0.15, 0.2) is 11.6 Å². The summed E-state index contributed by atoms with van der Waals surface area (Å²) in [6.45, 7) is 2.43. The monoisotopic (exact) mass is 432 g/mol. The number of rotatable bonds is 9. The van der Waals surface area contributed by atoms with Crippen molar-refractivity contribution in [2.75, 3.05) is 27.3 Å². The molecular weight excluding hydrogens is 402 g/mol. The number of carbonyl (C=O) groups is 1. The summed E-state index contributed by atoms with van der Waals surface area (Å²) in [5.74, 6) is 0.158. The summed E-state index contributed by atoms with van der Waals surface area (Å²) in [4.78, 5) is 14.5. The van der Waals surface area contributed by atoms with E-state index < -0.39 is 11.6 Å². The highest BCUT2D eigenvalue weighted by Crippen LogP contribution is 2.25. The number of methoxy groups -OCH3 is 2. The van der Waals surface area contributed by atoms with Crippen molar-refractivity contribution in [3.8, 4) is 11.5 Å². The number of halogens is 2. The molecular formula is C24H30F2N2O3. The third-order valence-corrected chi connectivity index (χ3v) is 5.78. The van der Waals surface area contributed by atoms with E-state index in [1.165, 1.54) is 6.07 Å². The smallest absolute Gasteiger partial charge is 0.220 e. The van der Waals surface area contributed by atoms with Crippen molar-refractivity contribution < 1.29 is 23.0 Å². The van der Waals surface area contributed by atoms with Crippen LogP contribution in [0.15, 0.2) is 36.4 Å². The van der Waals surface area contributed by atoms with Crippen LogP contribution in [0.2, 0.25) is 0 Å². The zero-order valence-electron chi connectivity index (χ0n) is 18.1. The van der Waals surface area contributed by atoms with Crippen molar-refractivity contribution in [3.63, 3.8) is 0 Å². The predicted octanol–water partition coefficient (Wildman–Crippen LogP) is 4.29. The van der Waals surface area contributed by atoms with Crippen molar-refractivity contribution in [2.24, 2.45) is 5.92 Å². The molecule has 1 aliphatic heterocycles. The summed E-state index contributed by atoms with van der Waals surface area (Å²) in [6, 6.07) is 9.81. The summed E-state index contributed by atoms with van der Waals surface area (Å²) >= 11 is 0. The van der Waals surface area contributed by atoms with E-state index in [0.717, 1.165) is 44.0 Å². The van der Waals surface area contributed by atoms with Crippen LogP contribution in [0.5, 0.6) is 11.5 Å². The Bertz CT molecular complexity index is 891. The molecule has 0 aromatic heterocycles. The Balaban J connectivity index is 1.45. The average Bonchev–Trinajstić information content (AvgIpc) is 2.79. The van der Waals surface area contributed by atoms with Gasteiger partial charge in [-0.2, -0.15) is 0 Å². The molecule has 0 radical (unpaired) electrons. The molecule has 2 aromatic carbocycles. The first-order valence-corrected chi connectivity index (χ1v) is 10.6. The molecule has 1 aliphatic rings. The number of nitrogens with one attached hydrogen (secondary N) is 1. The fourth-order valence-corrected chi connectivity index (χ4v) is 4.06. The van der Waals surface area contributed by atoms with Crippen LogP contribution in [0.1, 0.15) is 36.8 Å². The normalized spacial score (nSPS) is 16.7. The number of ether oxygens (including phenoxy) is 2. The molecule has 1 heterocycles. The van der Waals surface area contributed by atoms with Crippen LogP contribution in [0, 0.1) is 17.6 Å². The predicted molar refractivity (Wildman–Crippen MR) is 115 cm³/mol. The van der Waals surface area contributed by atoms with Gasteiger partial charge in [0.1, 0.15) is 11.5 Å². The molecule has 1 atom stereocenters. The summed E-state index contributed by atoms with van der Waals surface area (Å²) in [6.07, 6.45) is 3.24. The van der Waals surface area contributed by atoms with E-state index in [0.29, 0.717) is 42.5 Å². The number of piperidine rings is 1. The first kappa shape index (κ1) is 23.0. The Labute approximate surface area is 182 Å². The Kier molecular flexibility index (Phi) is 8.23. The van der Waals surface area contributed by atoms with Crippen LogP contribution in [0.3, 0.4) is 0 Å². The van der Waals surface area contributed by atoms with Crippen molar-refractivity contribution in [1.82, 2.24) is 10.2 Å². The minimum atomic E-state index is -0.809. The lowest BCUT2D eigenvalue weighted by Crippen LogP contribution is -2.35. The van der Waals surface area contributed by atoms with Crippen LogP contribution in [-0.4, -0.2) is 38.1 Å². The summed E-state index contributed by atoms with van der Waals surface area (Å²) in [5.41, 5.74) is 1.27.